The van der Waals surface area contributed by atoms with E-state index in [1.165, 1.54) is 24.1 Å². The minimum absolute atomic E-state index is 0.499. The number of fused-ring (bicyclic) bond motifs is 1. The van der Waals surface area contributed by atoms with E-state index in [1.807, 2.05) is 6.07 Å². The van der Waals surface area contributed by atoms with Gasteiger partial charge in [-0.25, -0.2) is 0 Å². The molecular formula is C13H18N2O. The molecule has 1 unspecified atom stereocenters. The molecule has 16 heavy (non-hydrogen) atoms. The third-order valence-corrected chi connectivity index (χ3v) is 3.40. The van der Waals surface area contributed by atoms with Crippen molar-refractivity contribution < 1.29 is 4.74 Å². The van der Waals surface area contributed by atoms with Crippen molar-refractivity contribution in [1.29, 1.82) is 0 Å². The summed E-state index contributed by atoms with van der Waals surface area (Å²) in [6, 6.07) is 7.54. The number of ether oxygens (including phenoxy) is 1. The number of hydrogen-bond acceptors (Lipinski definition) is 3. The predicted molar refractivity (Wildman–Crippen MR) is 65.0 cm³/mol. The zero-order chi connectivity index (χ0) is 11.0. The molecule has 3 heteroatoms. The highest BCUT2D eigenvalue weighted by Gasteiger charge is 2.28. The molecule has 3 nitrogen and oxygen atoms in total. The molecule has 1 aromatic rings. The van der Waals surface area contributed by atoms with Gasteiger partial charge in [0, 0.05) is 24.3 Å². The van der Waals surface area contributed by atoms with E-state index in [-0.39, 0.29) is 0 Å². The second-order valence-electron chi connectivity index (χ2n) is 4.66. The van der Waals surface area contributed by atoms with E-state index in [0.717, 1.165) is 24.8 Å². The monoisotopic (exact) mass is 218 g/mol. The Labute approximate surface area is 96.2 Å². The Balaban J connectivity index is 1.88. The van der Waals surface area contributed by atoms with Crippen molar-refractivity contribution in [3.8, 4) is 5.75 Å². The van der Waals surface area contributed by atoms with E-state index in [4.69, 9.17) is 4.74 Å². The van der Waals surface area contributed by atoms with Gasteiger partial charge in [-0.05, 0) is 43.0 Å². The van der Waals surface area contributed by atoms with Crippen molar-refractivity contribution in [3.63, 3.8) is 0 Å². The molecule has 1 fully saturated rings. The lowest BCUT2D eigenvalue weighted by Crippen LogP contribution is -2.29. The second-order valence-corrected chi connectivity index (χ2v) is 4.66. The van der Waals surface area contributed by atoms with Gasteiger partial charge in [-0.1, -0.05) is 0 Å². The molecule has 1 heterocycles. The quantitative estimate of drug-likeness (QED) is 0.816. The Kier molecular flexibility index (Phi) is 2.48. The number of hydrogen-bond donors (Lipinski definition) is 2. The first kappa shape index (κ1) is 9.97. The van der Waals surface area contributed by atoms with Crippen molar-refractivity contribution >= 4 is 5.69 Å². The van der Waals surface area contributed by atoms with Crippen LogP contribution < -0.4 is 15.4 Å². The van der Waals surface area contributed by atoms with Gasteiger partial charge in [0.05, 0.1) is 7.11 Å². The second kappa shape index (κ2) is 3.98. The molecule has 0 spiro atoms. The molecule has 2 aliphatic rings. The first-order chi connectivity index (χ1) is 7.86. The van der Waals surface area contributed by atoms with Crippen LogP contribution in [0.5, 0.6) is 5.75 Å². The molecule has 0 amide bonds. The van der Waals surface area contributed by atoms with Crippen LogP contribution in [0.4, 0.5) is 5.69 Å². The van der Waals surface area contributed by atoms with Crippen LogP contribution in [-0.4, -0.2) is 19.7 Å². The lowest BCUT2D eigenvalue weighted by Gasteiger charge is -2.28. The molecule has 1 aromatic carbocycles. The van der Waals surface area contributed by atoms with E-state index < -0.39 is 0 Å². The molecule has 1 atom stereocenters. The van der Waals surface area contributed by atoms with Gasteiger partial charge in [0.25, 0.3) is 0 Å². The number of benzene rings is 1. The molecule has 0 saturated heterocycles. The molecule has 3 rings (SSSR count). The molecule has 0 radical (unpaired) electrons. The lowest BCUT2D eigenvalue weighted by atomic mass is 9.97. The summed E-state index contributed by atoms with van der Waals surface area (Å²) in [7, 11) is 1.72. The largest absolute Gasteiger partial charge is 0.497 e. The maximum Gasteiger partial charge on any atom is 0.119 e. The van der Waals surface area contributed by atoms with Crippen LogP contribution in [0.3, 0.4) is 0 Å². The van der Waals surface area contributed by atoms with Gasteiger partial charge < -0.3 is 15.4 Å². The first-order valence-electron chi connectivity index (χ1n) is 6.04. The van der Waals surface area contributed by atoms with Gasteiger partial charge in [-0.3, -0.25) is 0 Å². The third-order valence-electron chi connectivity index (χ3n) is 3.40. The number of nitrogens with one attached hydrogen (secondary N) is 2. The van der Waals surface area contributed by atoms with E-state index in [9.17, 15) is 0 Å². The van der Waals surface area contributed by atoms with Crippen LogP contribution in [0, 0.1) is 0 Å². The molecule has 0 aromatic heterocycles. The van der Waals surface area contributed by atoms with Crippen LogP contribution in [0.2, 0.25) is 0 Å². The van der Waals surface area contributed by atoms with Gasteiger partial charge >= 0.3 is 0 Å². The highest BCUT2D eigenvalue weighted by atomic mass is 16.5. The summed E-state index contributed by atoms with van der Waals surface area (Å²) in [4.78, 5) is 0. The topological polar surface area (TPSA) is 33.3 Å². The molecule has 86 valence electrons. The minimum Gasteiger partial charge on any atom is -0.497 e. The van der Waals surface area contributed by atoms with Gasteiger partial charge in [0.15, 0.2) is 0 Å². The zero-order valence-corrected chi connectivity index (χ0v) is 9.62. The predicted octanol–water partition coefficient (Wildman–Crippen LogP) is 2.30. The SMILES string of the molecule is COc1ccc2c(c1)C(NC1CC1)CCN2. The molecule has 1 aliphatic carbocycles. The van der Waals surface area contributed by atoms with Gasteiger partial charge in [-0.2, -0.15) is 0 Å². The summed E-state index contributed by atoms with van der Waals surface area (Å²) in [6.07, 6.45) is 3.84. The molecule has 1 saturated carbocycles. The van der Waals surface area contributed by atoms with Crippen LogP contribution >= 0.6 is 0 Å². The highest BCUT2D eigenvalue weighted by molar-refractivity contribution is 5.57. The van der Waals surface area contributed by atoms with Crippen LogP contribution in [-0.2, 0) is 0 Å². The van der Waals surface area contributed by atoms with E-state index in [0.29, 0.717) is 6.04 Å². The fraction of sp³-hybridized carbons (Fsp3) is 0.538. The third kappa shape index (κ3) is 1.87. The first-order valence-corrected chi connectivity index (χ1v) is 6.04. The van der Waals surface area contributed by atoms with Crippen molar-refractivity contribution in [2.45, 2.75) is 31.3 Å². The zero-order valence-electron chi connectivity index (χ0n) is 9.62. The summed E-state index contributed by atoms with van der Waals surface area (Å²) in [5.41, 5.74) is 2.61. The molecular weight excluding hydrogens is 200 g/mol. The fourth-order valence-corrected chi connectivity index (χ4v) is 2.33. The molecule has 0 bridgehead atoms. The average Bonchev–Trinajstić information content (AvgIpc) is 3.13. The molecule has 1 aliphatic heterocycles. The fourth-order valence-electron chi connectivity index (χ4n) is 2.33. The van der Waals surface area contributed by atoms with Gasteiger partial charge in [0.1, 0.15) is 5.75 Å². The summed E-state index contributed by atoms with van der Waals surface area (Å²) in [5, 5.41) is 7.15. The number of anilines is 1. The summed E-state index contributed by atoms with van der Waals surface area (Å²) in [5.74, 6) is 0.949. The van der Waals surface area contributed by atoms with E-state index in [2.05, 4.69) is 22.8 Å². The Bertz CT molecular complexity index is 388. The van der Waals surface area contributed by atoms with Crippen molar-refractivity contribution in [3.05, 3.63) is 23.8 Å². The molecule has 2 N–H and O–H groups in total. The standard InChI is InChI=1S/C13H18N2O/c1-16-10-4-5-12-11(8-10)13(6-7-14-12)15-9-2-3-9/h4-5,8-9,13-15H,2-3,6-7H2,1H3. The Hall–Kier alpha value is -1.22. The average molecular weight is 218 g/mol. The van der Waals surface area contributed by atoms with Crippen LogP contribution in [0.15, 0.2) is 18.2 Å². The van der Waals surface area contributed by atoms with Gasteiger partial charge in [0.2, 0.25) is 0 Å². The van der Waals surface area contributed by atoms with Crippen LogP contribution in [0.25, 0.3) is 0 Å². The van der Waals surface area contributed by atoms with Crippen molar-refractivity contribution in [2.75, 3.05) is 19.0 Å². The maximum atomic E-state index is 5.29. The highest BCUT2D eigenvalue weighted by Crippen LogP contribution is 2.35. The lowest BCUT2D eigenvalue weighted by molar-refractivity contribution is 0.412. The number of methoxy groups -OCH3 is 1. The summed E-state index contributed by atoms with van der Waals surface area (Å²) < 4.78 is 5.29. The maximum absolute atomic E-state index is 5.29. The Morgan fingerprint density at radius 1 is 1.31 bits per heavy atom. The Morgan fingerprint density at radius 3 is 2.94 bits per heavy atom. The van der Waals surface area contributed by atoms with Crippen molar-refractivity contribution in [1.82, 2.24) is 5.32 Å². The summed E-state index contributed by atoms with van der Waals surface area (Å²) >= 11 is 0. The van der Waals surface area contributed by atoms with Gasteiger partial charge in [-0.15, -0.1) is 0 Å². The van der Waals surface area contributed by atoms with E-state index in [1.54, 1.807) is 7.11 Å². The number of rotatable bonds is 3. The summed E-state index contributed by atoms with van der Waals surface area (Å²) in [6.45, 7) is 1.06. The Morgan fingerprint density at radius 2 is 2.19 bits per heavy atom. The normalized spacial score (nSPS) is 23.4. The van der Waals surface area contributed by atoms with E-state index >= 15 is 0 Å². The smallest absolute Gasteiger partial charge is 0.119 e. The van der Waals surface area contributed by atoms with Crippen LogP contribution in [0.1, 0.15) is 30.9 Å². The minimum atomic E-state index is 0.499. The van der Waals surface area contributed by atoms with Crippen molar-refractivity contribution in [2.24, 2.45) is 0 Å².